The van der Waals surface area contributed by atoms with Crippen molar-refractivity contribution in [1.82, 2.24) is 9.55 Å². The van der Waals surface area contributed by atoms with Crippen molar-refractivity contribution in [1.29, 1.82) is 0 Å². The molecule has 1 fully saturated rings. The lowest BCUT2D eigenvalue weighted by Crippen LogP contribution is -2.19. The smallest absolute Gasteiger partial charge is 0.106 e. The molecule has 0 saturated heterocycles. The van der Waals surface area contributed by atoms with Crippen LogP contribution in [0.15, 0.2) is 36.7 Å². The Labute approximate surface area is 94.9 Å². The fourth-order valence-electron chi connectivity index (χ4n) is 2.41. The Balaban J connectivity index is 2.06. The Morgan fingerprint density at radius 2 is 1.94 bits per heavy atom. The van der Waals surface area contributed by atoms with Gasteiger partial charge in [0.15, 0.2) is 0 Å². The van der Waals surface area contributed by atoms with Gasteiger partial charge in [-0.2, -0.15) is 0 Å². The van der Waals surface area contributed by atoms with Crippen molar-refractivity contribution >= 4 is 5.69 Å². The molecule has 2 N–H and O–H groups in total. The molecule has 1 aromatic carbocycles. The van der Waals surface area contributed by atoms with Gasteiger partial charge in [0.2, 0.25) is 0 Å². The highest BCUT2D eigenvalue weighted by atomic mass is 15.2. The van der Waals surface area contributed by atoms with Gasteiger partial charge < -0.3 is 10.3 Å². The molecule has 0 radical (unpaired) electrons. The van der Waals surface area contributed by atoms with Crippen LogP contribution in [0, 0.1) is 6.92 Å². The molecule has 0 unspecified atom stereocenters. The molecule has 1 aromatic heterocycles. The van der Waals surface area contributed by atoms with Gasteiger partial charge in [-0.15, -0.1) is 0 Å². The Bertz CT molecular complexity index is 506. The quantitative estimate of drug-likeness (QED) is 0.778. The molecular weight excluding hydrogens is 198 g/mol. The van der Waals surface area contributed by atoms with Gasteiger partial charge in [-0.05, 0) is 37.5 Å². The van der Waals surface area contributed by atoms with Gasteiger partial charge in [0.05, 0.1) is 5.54 Å². The van der Waals surface area contributed by atoms with E-state index in [2.05, 4.69) is 34.8 Å². The van der Waals surface area contributed by atoms with Crippen LogP contribution >= 0.6 is 0 Å². The van der Waals surface area contributed by atoms with Crippen molar-refractivity contribution in [3.05, 3.63) is 48.0 Å². The number of nitrogen functional groups attached to an aromatic ring is 1. The van der Waals surface area contributed by atoms with Gasteiger partial charge in [0.25, 0.3) is 0 Å². The summed E-state index contributed by atoms with van der Waals surface area (Å²) in [6.07, 6.45) is 6.31. The normalized spacial score (nSPS) is 17.3. The van der Waals surface area contributed by atoms with E-state index < -0.39 is 0 Å². The molecule has 0 bridgehead atoms. The summed E-state index contributed by atoms with van der Waals surface area (Å²) >= 11 is 0. The van der Waals surface area contributed by atoms with Crippen molar-refractivity contribution in [2.45, 2.75) is 25.3 Å². The summed E-state index contributed by atoms with van der Waals surface area (Å²) in [5, 5.41) is 0. The lowest BCUT2D eigenvalue weighted by atomic mass is 10.0. The van der Waals surface area contributed by atoms with Crippen molar-refractivity contribution < 1.29 is 0 Å². The zero-order valence-corrected chi connectivity index (χ0v) is 9.35. The average Bonchev–Trinajstić information content (AvgIpc) is 2.97. The second kappa shape index (κ2) is 3.11. The zero-order valence-electron chi connectivity index (χ0n) is 9.35. The van der Waals surface area contributed by atoms with E-state index in [9.17, 15) is 0 Å². The van der Waals surface area contributed by atoms with E-state index in [-0.39, 0.29) is 5.54 Å². The highest BCUT2D eigenvalue weighted by molar-refractivity contribution is 5.43. The lowest BCUT2D eigenvalue weighted by molar-refractivity contribution is 0.557. The number of hydrogen-bond donors (Lipinski definition) is 1. The van der Waals surface area contributed by atoms with E-state index in [1.165, 1.54) is 18.4 Å². The summed E-state index contributed by atoms with van der Waals surface area (Å²) in [5.74, 6) is 1.08. The molecule has 3 nitrogen and oxygen atoms in total. The SMILES string of the molecule is Cc1nccn1C1(c2ccc(N)cc2)CC1. The van der Waals surface area contributed by atoms with Crippen molar-refractivity contribution in [2.75, 3.05) is 5.73 Å². The molecule has 1 saturated carbocycles. The van der Waals surface area contributed by atoms with E-state index in [0.717, 1.165) is 11.5 Å². The van der Waals surface area contributed by atoms with Crippen molar-refractivity contribution in [3.63, 3.8) is 0 Å². The summed E-state index contributed by atoms with van der Waals surface area (Å²) in [4.78, 5) is 4.30. The van der Waals surface area contributed by atoms with Crippen LogP contribution in [0.5, 0.6) is 0 Å². The first-order valence-corrected chi connectivity index (χ1v) is 5.59. The Kier molecular flexibility index (Phi) is 1.84. The number of anilines is 1. The molecule has 3 heteroatoms. The minimum atomic E-state index is 0.147. The van der Waals surface area contributed by atoms with Crippen LogP contribution in [0.2, 0.25) is 0 Å². The monoisotopic (exact) mass is 213 g/mol. The maximum atomic E-state index is 5.72. The molecule has 0 spiro atoms. The second-order valence-electron chi connectivity index (χ2n) is 4.50. The number of nitrogens with two attached hydrogens (primary N) is 1. The van der Waals surface area contributed by atoms with Gasteiger partial charge in [-0.3, -0.25) is 0 Å². The third-order valence-corrected chi connectivity index (χ3v) is 3.46. The fraction of sp³-hybridized carbons (Fsp3) is 0.308. The Morgan fingerprint density at radius 1 is 1.25 bits per heavy atom. The summed E-state index contributed by atoms with van der Waals surface area (Å²) < 4.78 is 2.28. The zero-order chi connectivity index (χ0) is 11.2. The van der Waals surface area contributed by atoms with Gasteiger partial charge in [-0.25, -0.2) is 4.98 Å². The Hall–Kier alpha value is -1.77. The summed E-state index contributed by atoms with van der Waals surface area (Å²) in [6.45, 7) is 2.05. The molecule has 0 amide bonds. The standard InChI is InChI=1S/C13H15N3/c1-10-15-8-9-16(10)13(6-7-13)11-2-4-12(14)5-3-11/h2-5,8-9H,6-7,14H2,1H3. The van der Waals surface area contributed by atoms with Crippen LogP contribution in [0.3, 0.4) is 0 Å². The lowest BCUT2D eigenvalue weighted by Gasteiger charge is -2.19. The predicted octanol–water partition coefficient (Wildman–Crippen LogP) is 2.31. The first-order chi connectivity index (χ1) is 7.72. The largest absolute Gasteiger partial charge is 0.399 e. The van der Waals surface area contributed by atoms with Crippen LogP contribution in [-0.4, -0.2) is 9.55 Å². The van der Waals surface area contributed by atoms with Crippen molar-refractivity contribution in [2.24, 2.45) is 0 Å². The molecule has 3 rings (SSSR count). The molecule has 0 atom stereocenters. The second-order valence-corrected chi connectivity index (χ2v) is 4.50. The molecule has 2 aromatic rings. The summed E-state index contributed by atoms with van der Waals surface area (Å²) in [7, 11) is 0. The van der Waals surface area contributed by atoms with Crippen LogP contribution < -0.4 is 5.73 Å². The maximum absolute atomic E-state index is 5.72. The molecule has 82 valence electrons. The van der Waals surface area contributed by atoms with Crippen LogP contribution in [0.1, 0.15) is 24.2 Å². The number of nitrogens with zero attached hydrogens (tertiary/aromatic N) is 2. The third kappa shape index (κ3) is 1.24. The maximum Gasteiger partial charge on any atom is 0.106 e. The summed E-state index contributed by atoms with van der Waals surface area (Å²) in [6, 6.07) is 8.20. The highest BCUT2D eigenvalue weighted by Gasteiger charge is 2.46. The minimum absolute atomic E-state index is 0.147. The molecular formula is C13H15N3. The fourth-order valence-corrected chi connectivity index (χ4v) is 2.41. The van der Waals surface area contributed by atoms with Crippen LogP contribution in [-0.2, 0) is 5.54 Å². The van der Waals surface area contributed by atoms with Gasteiger partial charge in [0.1, 0.15) is 5.82 Å². The van der Waals surface area contributed by atoms with E-state index in [1.807, 2.05) is 18.3 Å². The van der Waals surface area contributed by atoms with Crippen molar-refractivity contribution in [3.8, 4) is 0 Å². The van der Waals surface area contributed by atoms with Gasteiger partial charge >= 0.3 is 0 Å². The van der Waals surface area contributed by atoms with E-state index in [0.29, 0.717) is 0 Å². The van der Waals surface area contributed by atoms with Crippen LogP contribution in [0.4, 0.5) is 5.69 Å². The van der Waals surface area contributed by atoms with E-state index >= 15 is 0 Å². The molecule has 1 aliphatic carbocycles. The highest BCUT2D eigenvalue weighted by Crippen LogP contribution is 2.49. The van der Waals surface area contributed by atoms with Crippen LogP contribution in [0.25, 0.3) is 0 Å². The first-order valence-electron chi connectivity index (χ1n) is 5.59. The minimum Gasteiger partial charge on any atom is -0.399 e. The number of aromatic nitrogens is 2. The first kappa shape index (κ1) is 9.46. The third-order valence-electron chi connectivity index (χ3n) is 3.46. The predicted molar refractivity (Wildman–Crippen MR) is 64.1 cm³/mol. The van der Waals surface area contributed by atoms with Gasteiger partial charge in [-0.1, -0.05) is 12.1 Å². The summed E-state index contributed by atoms with van der Waals surface area (Å²) in [5.41, 5.74) is 8.02. The number of imidazole rings is 1. The average molecular weight is 213 g/mol. The molecule has 0 aliphatic heterocycles. The molecule has 16 heavy (non-hydrogen) atoms. The van der Waals surface area contributed by atoms with Gasteiger partial charge in [0, 0.05) is 18.1 Å². The number of benzene rings is 1. The van der Waals surface area contributed by atoms with E-state index in [1.54, 1.807) is 0 Å². The number of aryl methyl sites for hydroxylation is 1. The number of rotatable bonds is 2. The molecule has 1 heterocycles. The topological polar surface area (TPSA) is 43.8 Å². The van der Waals surface area contributed by atoms with E-state index in [4.69, 9.17) is 5.73 Å². The molecule has 1 aliphatic rings. The number of hydrogen-bond acceptors (Lipinski definition) is 2. The Morgan fingerprint density at radius 3 is 2.44 bits per heavy atom.